The molecule has 2 nitrogen and oxygen atoms in total. The summed E-state index contributed by atoms with van der Waals surface area (Å²) in [6, 6.07) is 7.58. The smallest absolute Gasteiger partial charge is 0.136 e. The molecule has 94 valence electrons. The molecule has 0 unspecified atom stereocenters. The van der Waals surface area contributed by atoms with Gasteiger partial charge in [-0.1, -0.05) is 49.2 Å². The lowest BCUT2D eigenvalue weighted by molar-refractivity contribution is 0.773. The molecule has 0 aliphatic rings. The molecule has 0 amide bonds. The number of rotatable bonds is 2. The Morgan fingerprint density at radius 3 is 2.17 bits per heavy atom. The highest BCUT2D eigenvalue weighted by molar-refractivity contribution is 6.31. The van der Waals surface area contributed by atoms with Gasteiger partial charge in [0.2, 0.25) is 0 Å². The summed E-state index contributed by atoms with van der Waals surface area (Å²) in [5.74, 6) is 1.00. The maximum Gasteiger partial charge on any atom is 0.136 e. The predicted molar refractivity (Wildman–Crippen MR) is 76.3 cm³/mol. The molecule has 0 saturated carbocycles. The van der Waals surface area contributed by atoms with Gasteiger partial charge in [-0.2, -0.15) is 0 Å². The molecule has 0 fully saturated rings. The van der Waals surface area contributed by atoms with Crippen LogP contribution in [0.3, 0.4) is 0 Å². The van der Waals surface area contributed by atoms with Gasteiger partial charge in [-0.25, -0.2) is 9.97 Å². The predicted octanol–water partition coefficient (Wildman–Crippen LogP) is 4.88. The molecule has 1 aromatic heterocycles. The van der Waals surface area contributed by atoms with Crippen molar-refractivity contribution in [1.29, 1.82) is 0 Å². The molecule has 4 heteroatoms. The standard InChI is InChI=1S/C14H14Cl2N2/c1-8(2)14-17-12(9(3)13(16)18-14)10-4-6-11(15)7-5-10/h4-8H,1-3H3. The van der Waals surface area contributed by atoms with E-state index >= 15 is 0 Å². The molecular formula is C14H14Cl2N2. The normalized spacial score (nSPS) is 11.0. The van der Waals surface area contributed by atoms with Crippen molar-refractivity contribution in [3.8, 4) is 11.3 Å². The molecule has 0 saturated heterocycles. The van der Waals surface area contributed by atoms with Gasteiger partial charge in [0.15, 0.2) is 0 Å². The summed E-state index contributed by atoms with van der Waals surface area (Å²) in [6.45, 7) is 6.02. The minimum absolute atomic E-state index is 0.245. The molecular weight excluding hydrogens is 267 g/mol. The number of halogens is 2. The largest absolute Gasteiger partial charge is 0.232 e. The quantitative estimate of drug-likeness (QED) is 0.733. The van der Waals surface area contributed by atoms with E-state index in [4.69, 9.17) is 23.2 Å². The Morgan fingerprint density at radius 1 is 1.00 bits per heavy atom. The van der Waals surface area contributed by atoms with E-state index in [1.54, 1.807) is 0 Å². The van der Waals surface area contributed by atoms with Gasteiger partial charge in [0.25, 0.3) is 0 Å². The highest BCUT2D eigenvalue weighted by Crippen LogP contribution is 2.28. The van der Waals surface area contributed by atoms with Crippen LogP contribution in [0.5, 0.6) is 0 Å². The van der Waals surface area contributed by atoms with Crippen LogP contribution in [0.1, 0.15) is 31.2 Å². The van der Waals surface area contributed by atoms with E-state index in [1.807, 2.05) is 45.0 Å². The number of hydrogen-bond donors (Lipinski definition) is 0. The Hall–Kier alpha value is -1.12. The van der Waals surface area contributed by atoms with E-state index in [-0.39, 0.29) is 5.92 Å². The summed E-state index contributed by atoms with van der Waals surface area (Å²) in [5, 5.41) is 1.22. The van der Waals surface area contributed by atoms with Gasteiger partial charge >= 0.3 is 0 Å². The Bertz CT molecular complexity index is 563. The lowest BCUT2D eigenvalue weighted by Crippen LogP contribution is -2.02. The average Bonchev–Trinajstić information content (AvgIpc) is 2.33. The monoisotopic (exact) mass is 280 g/mol. The van der Waals surface area contributed by atoms with Gasteiger partial charge < -0.3 is 0 Å². The second kappa shape index (κ2) is 5.25. The SMILES string of the molecule is Cc1c(Cl)nc(C(C)C)nc1-c1ccc(Cl)cc1. The topological polar surface area (TPSA) is 25.8 Å². The lowest BCUT2D eigenvalue weighted by Gasteiger charge is -2.11. The Balaban J connectivity index is 2.59. The first-order valence-electron chi connectivity index (χ1n) is 5.79. The maximum atomic E-state index is 6.17. The van der Waals surface area contributed by atoms with Crippen LogP contribution in [0.25, 0.3) is 11.3 Å². The van der Waals surface area contributed by atoms with Crippen molar-refractivity contribution >= 4 is 23.2 Å². The first-order valence-corrected chi connectivity index (χ1v) is 6.54. The fourth-order valence-corrected chi connectivity index (χ4v) is 1.95. The number of aromatic nitrogens is 2. The Morgan fingerprint density at radius 2 is 1.61 bits per heavy atom. The van der Waals surface area contributed by atoms with Gasteiger partial charge in [-0.15, -0.1) is 0 Å². The zero-order valence-corrected chi connectivity index (χ0v) is 12.0. The van der Waals surface area contributed by atoms with Crippen molar-refractivity contribution in [2.45, 2.75) is 26.7 Å². The molecule has 2 rings (SSSR count). The molecule has 18 heavy (non-hydrogen) atoms. The van der Waals surface area contributed by atoms with Crippen molar-refractivity contribution in [3.05, 3.63) is 45.8 Å². The molecule has 0 spiro atoms. The fraction of sp³-hybridized carbons (Fsp3) is 0.286. The summed E-state index contributed by atoms with van der Waals surface area (Å²) in [6.07, 6.45) is 0. The summed E-state index contributed by atoms with van der Waals surface area (Å²) in [7, 11) is 0. The molecule has 0 aliphatic heterocycles. The van der Waals surface area contributed by atoms with E-state index in [1.165, 1.54) is 0 Å². The second-order valence-corrected chi connectivity index (χ2v) is 5.30. The first-order chi connectivity index (χ1) is 8.49. The third-order valence-corrected chi connectivity index (χ3v) is 3.36. The van der Waals surface area contributed by atoms with Crippen LogP contribution in [0.15, 0.2) is 24.3 Å². The zero-order valence-electron chi connectivity index (χ0n) is 10.5. The Labute approximate surface area is 117 Å². The fourth-order valence-electron chi connectivity index (χ4n) is 1.65. The molecule has 1 heterocycles. The van der Waals surface area contributed by atoms with E-state index in [2.05, 4.69) is 9.97 Å². The average molecular weight is 281 g/mol. The van der Waals surface area contributed by atoms with Crippen LogP contribution >= 0.6 is 23.2 Å². The van der Waals surface area contributed by atoms with E-state index in [9.17, 15) is 0 Å². The van der Waals surface area contributed by atoms with Crippen molar-refractivity contribution in [1.82, 2.24) is 9.97 Å². The van der Waals surface area contributed by atoms with Crippen molar-refractivity contribution in [2.75, 3.05) is 0 Å². The lowest BCUT2D eigenvalue weighted by atomic mass is 10.1. The zero-order chi connectivity index (χ0) is 13.3. The van der Waals surface area contributed by atoms with Crippen LogP contribution in [-0.2, 0) is 0 Å². The van der Waals surface area contributed by atoms with Crippen LogP contribution < -0.4 is 0 Å². The van der Waals surface area contributed by atoms with Crippen LogP contribution in [-0.4, -0.2) is 9.97 Å². The highest BCUT2D eigenvalue weighted by Gasteiger charge is 2.13. The van der Waals surface area contributed by atoms with Gasteiger partial charge in [0, 0.05) is 22.1 Å². The van der Waals surface area contributed by atoms with Crippen molar-refractivity contribution < 1.29 is 0 Å². The van der Waals surface area contributed by atoms with E-state index in [0.29, 0.717) is 10.2 Å². The van der Waals surface area contributed by atoms with Crippen LogP contribution in [0, 0.1) is 6.92 Å². The molecule has 0 bridgehead atoms. The van der Waals surface area contributed by atoms with Crippen LogP contribution in [0.2, 0.25) is 10.2 Å². The molecule has 0 N–H and O–H groups in total. The highest BCUT2D eigenvalue weighted by atomic mass is 35.5. The summed E-state index contributed by atoms with van der Waals surface area (Å²) >= 11 is 12.1. The maximum absolute atomic E-state index is 6.17. The van der Waals surface area contributed by atoms with Gasteiger partial charge in [-0.3, -0.25) is 0 Å². The number of nitrogens with zero attached hydrogens (tertiary/aromatic N) is 2. The summed E-state index contributed by atoms with van der Waals surface area (Å²) in [5.41, 5.74) is 2.77. The van der Waals surface area contributed by atoms with Gasteiger partial charge in [0.1, 0.15) is 11.0 Å². The minimum atomic E-state index is 0.245. The van der Waals surface area contributed by atoms with Crippen molar-refractivity contribution in [2.24, 2.45) is 0 Å². The molecule has 2 aromatic rings. The Kier molecular flexibility index (Phi) is 3.88. The third kappa shape index (κ3) is 2.65. The molecule has 0 atom stereocenters. The molecule has 0 radical (unpaired) electrons. The summed E-state index contributed by atoms with van der Waals surface area (Å²) in [4.78, 5) is 8.90. The first kappa shape index (κ1) is 13.3. The third-order valence-electron chi connectivity index (χ3n) is 2.74. The minimum Gasteiger partial charge on any atom is -0.232 e. The van der Waals surface area contributed by atoms with Crippen molar-refractivity contribution in [3.63, 3.8) is 0 Å². The van der Waals surface area contributed by atoms with Gasteiger partial charge in [-0.05, 0) is 19.1 Å². The number of hydrogen-bond acceptors (Lipinski definition) is 2. The van der Waals surface area contributed by atoms with E-state index < -0.39 is 0 Å². The molecule has 0 aliphatic carbocycles. The van der Waals surface area contributed by atoms with E-state index in [0.717, 1.165) is 22.6 Å². The summed E-state index contributed by atoms with van der Waals surface area (Å²) < 4.78 is 0. The van der Waals surface area contributed by atoms with Crippen LogP contribution in [0.4, 0.5) is 0 Å². The molecule has 1 aromatic carbocycles. The van der Waals surface area contributed by atoms with Gasteiger partial charge in [0.05, 0.1) is 5.69 Å². The second-order valence-electron chi connectivity index (χ2n) is 4.51. The number of benzene rings is 1.